The number of nitrogens with zero attached hydrogens (tertiary/aromatic N) is 3. The SMILES string of the molecule is Cc1cc(OC(C)C)nc(NCc2c(C)noc2C)n1. The van der Waals surface area contributed by atoms with E-state index in [0.29, 0.717) is 18.4 Å². The molecule has 0 radical (unpaired) electrons. The molecule has 0 aliphatic rings. The number of nitrogens with one attached hydrogen (secondary N) is 1. The summed E-state index contributed by atoms with van der Waals surface area (Å²) in [6.07, 6.45) is 0.0831. The Bertz CT molecular complexity index is 573. The molecule has 0 atom stereocenters. The van der Waals surface area contributed by atoms with E-state index in [1.54, 1.807) is 0 Å². The molecule has 0 bridgehead atoms. The number of ether oxygens (including phenoxy) is 1. The zero-order chi connectivity index (χ0) is 14.7. The minimum absolute atomic E-state index is 0.0831. The lowest BCUT2D eigenvalue weighted by Crippen LogP contribution is -2.10. The zero-order valence-electron chi connectivity index (χ0n) is 12.5. The van der Waals surface area contributed by atoms with Crippen LogP contribution in [0.2, 0.25) is 0 Å². The Morgan fingerprint density at radius 3 is 2.60 bits per heavy atom. The average Bonchev–Trinajstić information content (AvgIpc) is 2.65. The maximum atomic E-state index is 5.60. The van der Waals surface area contributed by atoms with Crippen LogP contribution < -0.4 is 10.1 Å². The highest BCUT2D eigenvalue weighted by Gasteiger charge is 2.10. The van der Waals surface area contributed by atoms with Gasteiger partial charge in [0.1, 0.15) is 5.76 Å². The Morgan fingerprint density at radius 2 is 2.00 bits per heavy atom. The predicted octanol–water partition coefficient (Wildman–Crippen LogP) is 2.79. The van der Waals surface area contributed by atoms with Crippen molar-refractivity contribution < 1.29 is 9.26 Å². The molecule has 2 aromatic rings. The van der Waals surface area contributed by atoms with Gasteiger partial charge in [0.05, 0.1) is 11.8 Å². The first-order valence-corrected chi connectivity index (χ1v) is 6.63. The molecular weight excluding hydrogens is 256 g/mol. The molecule has 20 heavy (non-hydrogen) atoms. The molecule has 0 spiro atoms. The van der Waals surface area contributed by atoms with Crippen LogP contribution in [0.5, 0.6) is 5.88 Å². The lowest BCUT2D eigenvalue weighted by molar-refractivity contribution is 0.232. The van der Waals surface area contributed by atoms with Gasteiger partial charge in [-0.05, 0) is 34.6 Å². The summed E-state index contributed by atoms with van der Waals surface area (Å²) in [4.78, 5) is 8.68. The lowest BCUT2D eigenvalue weighted by atomic mass is 10.2. The maximum absolute atomic E-state index is 5.60. The van der Waals surface area contributed by atoms with Gasteiger partial charge in [-0.2, -0.15) is 4.98 Å². The van der Waals surface area contributed by atoms with Crippen LogP contribution in [0.25, 0.3) is 0 Å². The summed E-state index contributed by atoms with van der Waals surface area (Å²) in [6.45, 7) is 10.2. The van der Waals surface area contributed by atoms with Gasteiger partial charge in [-0.15, -0.1) is 0 Å². The normalized spacial score (nSPS) is 10.9. The van der Waals surface area contributed by atoms with E-state index in [-0.39, 0.29) is 6.10 Å². The van der Waals surface area contributed by atoms with Gasteiger partial charge < -0.3 is 14.6 Å². The Morgan fingerprint density at radius 1 is 1.25 bits per heavy atom. The van der Waals surface area contributed by atoms with E-state index in [9.17, 15) is 0 Å². The summed E-state index contributed by atoms with van der Waals surface area (Å²) < 4.78 is 10.7. The molecule has 2 aromatic heterocycles. The summed E-state index contributed by atoms with van der Waals surface area (Å²) in [7, 11) is 0. The Kier molecular flexibility index (Phi) is 4.22. The number of aromatic nitrogens is 3. The fourth-order valence-corrected chi connectivity index (χ4v) is 1.84. The van der Waals surface area contributed by atoms with E-state index >= 15 is 0 Å². The van der Waals surface area contributed by atoms with Crippen molar-refractivity contribution in [3.63, 3.8) is 0 Å². The average molecular weight is 276 g/mol. The first-order valence-electron chi connectivity index (χ1n) is 6.63. The quantitative estimate of drug-likeness (QED) is 0.905. The fourth-order valence-electron chi connectivity index (χ4n) is 1.84. The standard InChI is InChI=1S/C14H20N4O2/c1-8(2)19-13-6-9(3)16-14(17-13)15-7-12-10(4)18-20-11(12)5/h6,8H,7H2,1-5H3,(H,15,16,17). The molecule has 2 heterocycles. The molecule has 0 aliphatic carbocycles. The van der Waals surface area contributed by atoms with Gasteiger partial charge in [0.25, 0.3) is 0 Å². The Balaban J connectivity index is 2.11. The van der Waals surface area contributed by atoms with Crippen LogP contribution in [-0.4, -0.2) is 21.2 Å². The van der Waals surface area contributed by atoms with E-state index in [4.69, 9.17) is 9.26 Å². The van der Waals surface area contributed by atoms with E-state index < -0.39 is 0 Å². The first-order chi connectivity index (χ1) is 9.45. The van der Waals surface area contributed by atoms with Gasteiger partial charge in [-0.1, -0.05) is 5.16 Å². The summed E-state index contributed by atoms with van der Waals surface area (Å²) in [5, 5.41) is 7.10. The molecule has 0 unspecified atom stereocenters. The highest BCUT2D eigenvalue weighted by atomic mass is 16.5. The maximum Gasteiger partial charge on any atom is 0.226 e. The van der Waals surface area contributed by atoms with Gasteiger partial charge in [-0.3, -0.25) is 0 Å². The molecule has 2 rings (SSSR count). The van der Waals surface area contributed by atoms with Gasteiger partial charge >= 0.3 is 0 Å². The number of rotatable bonds is 5. The number of aryl methyl sites for hydroxylation is 3. The van der Waals surface area contributed by atoms with Crippen molar-refractivity contribution >= 4 is 5.95 Å². The van der Waals surface area contributed by atoms with Crippen molar-refractivity contribution in [1.29, 1.82) is 0 Å². The highest BCUT2D eigenvalue weighted by molar-refractivity contribution is 5.33. The highest BCUT2D eigenvalue weighted by Crippen LogP contribution is 2.16. The second-order valence-corrected chi connectivity index (χ2v) is 4.99. The Hall–Kier alpha value is -2.11. The minimum atomic E-state index is 0.0831. The van der Waals surface area contributed by atoms with Crippen LogP contribution in [0.3, 0.4) is 0 Å². The van der Waals surface area contributed by atoms with E-state index in [2.05, 4.69) is 20.4 Å². The van der Waals surface area contributed by atoms with Crippen LogP contribution in [-0.2, 0) is 6.54 Å². The number of hydrogen-bond acceptors (Lipinski definition) is 6. The third kappa shape index (κ3) is 3.46. The van der Waals surface area contributed by atoms with Crippen LogP contribution >= 0.6 is 0 Å². The van der Waals surface area contributed by atoms with Crippen molar-refractivity contribution in [2.24, 2.45) is 0 Å². The molecule has 0 amide bonds. The van der Waals surface area contributed by atoms with Gasteiger partial charge in [0, 0.05) is 23.9 Å². The Labute approximate surface area is 118 Å². The second-order valence-electron chi connectivity index (χ2n) is 4.99. The van der Waals surface area contributed by atoms with Gasteiger partial charge in [0.2, 0.25) is 11.8 Å². The predicted molar refractivity (Wildman–Crippen MR) is 75.8 cm³/mol. The van der Waals surface area contributed by atoms with Crippen molar-refractivity contribution in [3.05, 3.63) is 28.8 Å². The molecule has 108 valence electrons. The van der Waals surface area contributed by atoms with Crippen molar-refractivity contribution in [2.45, 2.75) is 47.3 Å². The zero-order valence-corrected chi connectivity index (χ0v) is 12.5. The van der Waals surface area contributed by atoms with Crippen molar-refractivity contribution in [2.75, 3.05) is 5.32 Å². The molecule has 6 heteroatoms. The summed E-state index contributed by atoms with van der Waals surface area (Å²) in [5.41, 5.74) is 2.76. The largest absolute Gasteiger partial charge is 0.475 e. The molecule has 0 saturated heterocycles. The van der Waals surface area contributed by atoms with Crippen LogP contribution in [0, 0.1) is 20.8 Å². The second kappa shape index (κ2) is 5.90. The van der Waals surface area contributed by atoms with Gasteiger partial charge in [-0.25, -0.2) is 4.98 Å². The third-order valence-corrected chi connectivity index (χ3v) is 2.79. The third-order valence-electron chi connectivity index (χ3n) is 2.79. The molecule has 0 fully saturated rings. The van der Waals surface area contributed by atoms with E-state index in [0.717, 1.165) is 22.7 Å². The summed E-state index contributed by atoms with van der Waals surface area (Å²) in [5.74, 6) is 1.93. The summed E-state index contributed by atoms with van der Waals surface area (Å²) in [6, 6.07) is 1.82. The fraction of sp³-hybridized carbons (Fsp3) is 0.500. The molecule has 6 nitrogen and oxygen atoms in total. The van der Waals surface area contributed by atoms with E-state index in [1.165, 1.54) is 0 Å². The first kappa shape index (κ1) is 14.3. The van der Waals surface area contributed by atoms with Crippen molar-refractivity contribution in [3.8, 4) is 5.88 Å². The van der Waals surface area contributed by atoms with Crippen LogP contribution in [0.4, 0.5) is 5.95 Å². The molecule has 0 saturated carbocycles. The molecule has 0 aliphatic heterocycles. The smallest absolute Gasteiger partial charge is 0.226 e. The van der Waals surface area contributed by atoms with Gasteiger partial charge in [0.15, 0.2) is 0 Å². The lowest BCUT2D eigenvalue weighted by Gasteiger charge is -2.11. The minimum Gasteiger partial charge on any atom is -0.475 e. The van der Waals surface area contributed by atoms with E-state index in [1.807, 2.05) is 40.7 Å². The summed E-state index contributed by atoms with van der Waals surface area (Å²) >= 11 is 0. The van der Waals surface area contributed by atoms with Crippen LogP contribution in [0.1, 0.15) is 36.6 Å². The van der Waals surface area contributed by atoms with Crippen molar-refractivity contribution in [1.82, 2.24) is 15.1 Å². The van der Waals surface area contributed by atoms with Crippen LogP contribution in [0.15, 0.2) is 10.6 Å². The topological polar surface area (TPSA) is 73.1 Å². The number of hydrogen-bond donors (Lipinski definition) is 1. The molecule has 1 N–H and O–H groups in total. The monoisotopic (exact) mass is 276 g/mol. The molecular formula is C14H20N4O2. The number of anilines is 1. The molecule has 0 aromatic carbocycles.